The van der Waals surface area contributed by atoms with Gasteiger partial charge in [-0.25, -0.2) is 0 Å². The molecule has 1 heterocycles. The zero-order valence-electron chi connectivity index (χ0n) is 22.8. The van der Waals surface area contributed by atoms with Crippen molar-refractivity contribution in [2.24, 2.45) is 5.92 Å². The van der Waals surface area contributed by atoms with E-state index < -0.39 is 8.07 Å². The van der Waals surface area contributed by atoms with Crippen molar-refractivity contribution in [3.63, 3.8) is 0 Å². The number of rotatable bonds is 2. The van der Waals surface area contributed by atoms with Gasteiger partial charge in [0.05, 0.1) is 19.1 Å². The van der Waals surface area contributed by atoms with Crippen LogP contribution >= 0.6 is 0 Å². The van der Waals surface area contributed by atoms with Gasteiger partial charge in [0.15, 0.2) is 0 Å². The first-order chi connectivity index (χ1) is 17.7. The van der Waals surface area contributed by atoms with Crippen LogP contribution in [0.4, 0.5) is 0 Å². The molecule has 1 nitrogen and oxygen atoms in total. The van der Waals surface area contributed by atoms with Crippen LogP contribution in [0.2, 0.25) is 19.6 Å². The SMILES string of the molecule is CC1CC=c2cc3c4ccccc4n(-c4ccc([Si](C)(C)C)cc4)c3c3c2=C1C(C)(C)c1ccccc1-3. The number of benzene rings is 4. The molecule has 0 spiro atoms. The maximum Gasteiger partial charge on any atom is 0.0775 e. The lowest BCUT2D eigenvalue weighted by molar-refractivity contribution is 0.595. The fourth-order valence-corrected chi connectivity index (χ4v) is 8.39. The predicted molar refractivity (Wildman–Crippen MR) is 163 cm³/mol. The van der Waals surface area contributed by atoms with Gasteiger partial charge in [0, 0.05) is 27.4 Å². The summed E-state index contributed by atoms with van der Waals surface area (Å²) in [5, 5.41) is 7.09. The van der Waals surface area contributed by atoms with Gasteiger partial charge in [0.1, 0.15) is 0 Å². The molecule has 1 aromatic heterocycles. The molecular formula is C35H35NSi. The predicted octanol–water partition coefficient (Wildman–Crippen LogP) is 7.26. The Kier molecular flexibility index (Phi) is 4.67. The van der Waals surface area contributed by atoms with Gasteiger partial charge in [-0.05, 0) is 63.7 Å². The van der Waals surface area contributed by atoms with E-state index in [0.717, 1.165) is 6.42 Å². The van der Waals surface area contributed by atoms with Gasteiger partial charge >= 0.3 is 0 Å². The Labute approximate surface area is 220 Å². The van der Waals surface area contributed by atoms with E-state index >= 15 is 0 Å². The Balaban J connectivity index is 1.73. The molecule has 0 amide bonds. The molecule has 4 aromatic carbocycles. The van der Waals surface area contributed by atoms with E-state index in [1.54, 1.807) is 5.57 Å². The highest BCUT2D eigenvalue weighted by molar-refractivity contribution is 6.88. The summed E-state index contributed by atoms with van der Waals surface area (Å²) in [7, 11) is -1.37. The molecule has 1 atom stereocenters. The molecule has 0 fully saturated rings. The molecule has 2 heteroatoms. The van der Waals surface area contributed by atoms with Gasteiger partial charge < -0.3 is 4.57 Å². The summed E-state index contributed by atoms with van der Waals surface area (Å²) in [6.07, 6.45) is 3.60. The lowest BCUT2D eigenvalue weighted by Gasteiger charge is -2.40. The summed E-state index contributed by atoms with van der Waals surface area (Å²) in [6, 6.07) is 30.1. The topological polar surface area (TPSA) is 4.93 Å². The summed E-state index contributed by atoms with van der Waals surface area (Å²) >= 11 is 0. The zero-order valence-corrected chi connectivity index (χ0v) is 23.8. The molecular weight excluding hydrogens is 462 g/mol. The first-order valence-corrected chi connectivity index (χ1v) is 17.2. The van der Waals surface area contributed by atoms with E-state index in [9.17, 15) is 0 Å². The van der Waals surface area contributed by atoms with Crippen LogP contribution in [0.1, 0.15) is 32.8 Å². The Bertz CT molecular complexity index is 1860. The van der Waals surface area contributed by atoms with Crippen LogP contribution in [0.3, 0.4) is 0 Å². The molecule has 0 radical (unpaired) electrons. The van der Waals surface area contributed by atoms with Gasteiger partial charge in [-0.1, -0.05) is 106 Å². The monoisotopic (exact) mass is 497 g/mol. The van der Waals surface area contributed by atoms with Crippen LogP contribution in [-0.4, -0.2) is 12.6 Å². The molecule has 2 aliphatic carbocycles. The van der Waals surface area contributed by atoms with E-state index in [-0.39, 0.29) is 5.41 Å². The van der Waals surface area contributed by atoms with Crippen molar-refractivity contribution in [1.82, 2.24) is 4.57 Å². The highest BCUT2D eigenvalue weighted by atomic mass is 28.3. The summed E-state index contributed by atoms with van der Waals surface area (Å²) < 4.78 is 2.54. The van der Waals surface area contributed by atoms with Crippen molar-refractivity contribution in [3.05, 3.63) is 94.9 Å². The highest BCUT2D eigenvalue weighted by Crippen LogP contribution is 2.48. The Morgan fingerprint density at radius 3 is 2.30 bits per heavy atom. The van der Waals surface area contributed by atoms with E-state index in [4.69, 9.17) is 0 Å². The fourth-order valence-electron chi connectivity index (χ4n) is 7.23. The molecule has 37 heavy (non-hydrogen) atoms. The maximum atomic E-state index is 2.54. The second-order valence-corrected chi connectivity index (χ2v) is 17.8. The minimum Gasteiger partial charge on any atom is -0.309 e. The minimum absolute atomic E-state index is 0.00945. The molecule has 5 aromatic rings. The molecule has 1 unspecified atom stereocenters. The first kappa shape index (κ1) is 22.8. The zero-order chi connectivity index (χ0) is 25.7. The second-order valence-electron chi connectivity index (χ2n) is 12.7. The molecule has 0 N–H and O–H groups in total. The van der Waals surface area contributed by atoms with Gasteiger partial charge in [0.25, 0.3) is 0 Å². The van der Waals surface area contributed by atoms with Crippen molar-refractivity contribution in [1.29, 1.82) is 0 Å². The number of hydrogen-bond donors (Lipinski definition) is 0. The quantitative estimate of drug-likeness (QED) is 0.226. The number of nitrogens with zero attached hydrogens (tertiary/aromatic N) is 1. The highest BCUT2D eigenvalue weighted by Gasteiger charge is 2.38. The van der Waals surface area contributed by atoms with Crippen LogP contribution in [0.25, 0.3) is 50.3 Å². The summed E-state index contributed by atoms with van der Waals surface area (Å²) in [6.45, 7) is 14.6. The van der Waals surface area contributed by atoms with Gasteiger partial charge in [-0.2, -0.15) is 0 Å². The van der Waals surface area contributed by atoms with Gasteiger partial charge in [-0.3, -0.25) is 0 Å². The van der Waals surface area contributed by atoms with Crippen molar-refractivity contribution in [2.45, 2.75) is 52.2 Å². The number of aromatic nitrogens is 1. The van der Waals surface area contributed by atoms with Crippen molar-refractivity contribution in [3.8, 4) is 16.8 Å². The van der Waals surface area contributed by atoms with E-state index in [2.05, 4.69) is 130 Å². The maximum absolute atomic E-state index is 2.54. The fraction of sp³-hybridized carbons (Fsp3) is 0.257. The summed E-state index contributed by atoms with van der Waals surface area (Å²) in [5.41, 5.74) is 9.77. The standard InChI is InChI=1S/C35H35NSi/c1-22-15-16-23-21-28-26-11-8-10-14-30(26)36(24-17-19-25(20-18-24)37(4,5)6)34(28)32-27-12-7-9-13-29(27)35(2,3)33(22)31(23)32/h7-14,16-22H,15H2,1-6H3. The van der Waals surface area contributed by atoms with Crippen LogP contribution in [0.5, 0.6) is 0 Å². The molecule has 0 saturated carbocycles. The van der Waals surface area contributed by atoms with Crippen LogP contribution in [0.15, 0.2) is 78.9 Å². The van der Waals surface area contributed by atoms with Gasteiger partial charge in [-0.15, -0.1) is 0 Å². The lowest BCUT2D eigenvalue weighted by Crippen LogP contribution is -2.43. The van der Waals surface area contributed by atoms with Gasteiger partial charge in [0.2, 0.25) is 0 Å². The Morgan fingerprint density at radius 1 is 0.838 bits per heavy atom. The molecule has 2 aliphatic rings. The number of hydrogen-bond acceptors (Lipinski definition) is 0. The number of para-hydroxylation sites is 1. The number of fused-ring (bicyclic) bond motifs is 6. The van der Waals surface area contributed by atoms with Crippen LogP contribution < -0.4 is 15.6 Å². The average Bonchev–Trinajstić information content (AvgIpc) is 3.20. The molecule has 0 saturated heterocycles. The van der Waals surface area contributed by atoms with E-state index in [1.165, 1.54) is 59.8 Å². The molecule has 184 valence electrons. The normalized spacial score (nSPS) is 18.0. The Hall–Kier alpha value is -3.36. The third-order valence-corrected chi connectivity index (χ3v) is 11.0. The Morgan fingerprint density at radius 2 is 1.54 bits per heavy atom. The van der Waals surface area contributed by atoms with Crippen LogP contribution in [-0.2, 0) is 5.41 Å². The average molecular weight is 498 g/mol. The summed E-state index contributed by atoms with van der Waals surface area (Å²) in [4.78, 5) is 0. The van der Waals surface area contributed by atoms with Crippen molar-refractivity contribution in [2.75, 3.05) is 0 Å². The first-order valence-electron chi connectivity index (χ1n) is 13.7. The van der Waals surface area contributed by atoms with E-state index in [0.29, 0.717) is 5.92 Å². The van der Waals surface area contributed by atoms with Crippen molar-refractivity contribution < 1.29 is 0 Å². The second kappa shape index (κ2) is 7.58. The molecule has 7 rings (SSSR count). The third kappa shape index (κ3) is 3.09. The van der Waals surface area contributed by atoms with Crippen molar-refractivity contribution >= 4 is 46.7 Å². The summed E-state index contributed by atoms with van der Waals surface area (Å²) in [5.74, 6) is 0.529. The molecule has 0 bridgehead atoms. The third-order valence-electron chi connectivity index (χ3n) is 8.98. The molecule has 0 aliphatic heterocycles. The van der Waals surface area contributed by atoms with Crippen LogP contribution in [0, 0.1) is 5.92 Å². The largest absolute Gasteiger partial charge is 0.309 e. The minimum atomic E-state index is -1.37. The smallest absolute Gasteiger partial charge is 0.0775 e. The lowest BCUT2D eigenvalue weighted by atomic mass is 9.64. The van der Waals surface area contributed by atoms with E-state index in [1.807, 2.05) is 0 Å².